The molecule has 1 atom stereocenters. The zero-order chi connectivity index (χ0) is 18.4. The third-order valence-corrected chi connectivity index (χ3v) is 3.97. The highest BCUT2D eigenvalue weighted by atomic mass is 16.5. The number of hydrogen-bond donors (Lipinski definition) is 2. The van der Waals surface area contributed by atoms with Gasteiger partial charge in [-0.15, -0.1) is 0 Å². The van der Waals surface area contributed by atoms with E-state index in [4.69, 9.17) is 14.2 Å². The lowest BCUT2D eigenvalue weighted by molar-refractivity contribution is -0.139. The van der Waals surface area contributed by atoms with E-state index in [2.05, 4.69) is 10.6 Å². The van der Waals surface area contributed by atoms with E-state index in [1.807, 2.05) is 6.92 Å². The minimum Gasteiger partial charge on any atom is -0.497 e. The molecule has 1 aromatic rings. The van der Waals surface area contributed by atoms with Crippen LogP contribution in [0.15, 0.2) is 29.5 Å². The first-order valence-corrected chi connectivity index (χ1v) is 8.19. The maximum atomic E-state index is 12.6. The van der Waals surface area contributed by atoms with Crippen molar-refractivity contribution in [3.63, 3.8) is 0 Å². The Morgan fingerprint density at radius 1 is 1.24 bits per heavy atom. The lowest BCUT2D eigenvalue weighted by Gasteiger charge is -2.29. The summed E-state index contributed by atoms with van der Waals surface area (Å²) >= 11 is 0. The van der Waals surface area contributed by atoms with E-state index >= 15 is 0 Å². The first-order valence-electron chi connectivity index (χ1n) is 8.19. The van der Waals surface area contributed by atoms with Crippen molar-refractivity contribution in [2.45, 2.75) is 32.7 Å². The molecule has 0 saturated heterocycles. The molecule has 2 N–H and O–H groups in total. The van der Waals surface area contributed by atoms with E-state index in [-0.39, 0.29) is 0 Å². The Kier molecular flexibility index (Phi) is 6.27. The van der Waals surface area contributed by atoms with Gasteiger partial charge in [0.2, 0.25) is 0 Å². The molecule has 0 saturated carbocycles. The van der Waals surface area contributed by atoms with Gasteiger partial charge in [0.15, 0.2) is 0 Å². The van der Waals surface area contributed by atoms with Crippen molar-refractivity contribution >= 4 is 12.0 Å². The molecule has 1 aliphatic heterocycles. The van der Waals surface area contributed by atoms with Crippen LogP contribution in [0, 0.1) is 0 Å². The Hall–Kier alpha value is -2.70. The summed E-state index contributed by atoms with van der Waals surface area (Å²) in [5.74, 6) is 0.674. The fourth-order valence-electron chi connectivity index (χ4n) is 2.65. The Morgan fingerprint density at radius 3 is 2.64 bits per heavy atom. The van der Waals surface area contributed by atoms with E-state index in [9.17, 15) is 9.59 Å². The summed E-state index contributed by atoms with van der Waals surface area (Å²) in [5, 5.41) is 5.39. The van der Waals surface area contributed by atoms with E-state index in [0.29, 0.717) is 34.9 Å². The fourth-order valence-corrected chi connectivity index (χ4v) is 2.65. The van der Waals surface area contributed by atoms with Gasteiger partial charge in [-0.2, -0.15) is 0 Å². The summed E-state index contributed by atoms with van der Waals surface area (Å²) in [6.45, 7) is 4.03. The second kappa shape index (κ2) is 8.41. The lowest BCUT2D eigenvalue weighted by Crippen LogP contribution is -2.45. The predicted octanol–water partition coefficient (Wildman–Crippen LogP) is 2.68. The van der Waals surface area contributed by atoms with Crippen LogP contribution in [0.25, 0.3) is 0 Å². The van der Waals surface area contributed by atoms with Crippen molar-refractivity contribution < 1.29 is 23.8 Å². The molecule has 2 rings (SSSR count). The van der Waals surface area contributed by atoms with Crippen molar-refractivity contribution in [1.82, 2.24) is 10.6 Å². The summed E-state index contributed by atoms with van der Waals surface area (Å²) in [5.41, 5.74) is 1.43. The van der Waals surface area contributed by atoms with Crippen LogP contribution in [0.3, 0.4) is 0 Å². The minimum atomic E-state index is -0.687. The number of benzene rings is 1. The highest BCUT2D eigenvalue weighted by Gasteiger charge is 2.34. The third-order valence-electron chi connectivity index (χ3n) is 3.97. The summed E-state index contributed by atoms with van der Waals surface area (Å²) in [7, 11) is 3.08. The number of urea groups is 1. The maximum absolute atomic E-state index is 12.6. The van der Waals surface area contributed by atoms with Gasteiger partial charge in [-0.25, -0.2) is 9.59 Å². The lowest BCUT2D eigenvalue weighted by atomic mass is 9.94. The highest BCUT2D eigenvalue weighted by Crippen LogP contribution is 2.35. The van der Waals surface area contributed by atoms with Gasteiger partial charge in [-0.05, 0) is 31.5 Å². The zero-order valence-corrected chi connectivity index (χ0v) is 15.0. The van der Waals surface area contributed by atoms with Gasteiger partial charge >= 0.3 is 12.0 Å². The average molecular weight is 348 g/mol. The Morgan fingerprint density at radius 2 is 2.00 bits per heavy atom. The number of carbonyl (C=O) groups excluding carboxylic acids is 2. The van der Waals surface area contributed by atoms with Gasteiger partial charge in [0.05, 0.1) is 32.4 Å². The van der Waals surface area contributed by atoms with Crippen LogP contribution in [0.5, 0.6) is 11.5 Å². The van der Waals surface area contributed by atoms with Crippen molar-refractivity contribution in [3.8, 4) is 11.5 Å². The van der Waals surface area contributed by atoms with E-state index < -0.39 is 18.0 Å². The number of esters is 1. The number of ether oxygens (including phenoxy) is 3. The summed E-state index contributed by atoms with van der Waals surface area (Å²) in [4.78, 5) is 24.5. The normalized spacial score (nSPS) is 16.8. The van der Waals surface area contributed by atoms with E-state index in [1.54, 1.807) is 32.2 Å². The predicted molar refractivity (Wildman–Crippen MR) is 92.5 cm³/mol. The molecule has 7 nitrogen and oxygen atoms in total. The number of amides is 2. The number of methoxy groups -OCH3 is 2. The van der Waals surface area contributed by atoms with Crippen LogP contribution >= 0.6 is 0 Å². The van der Waals surface area contributed by atoms with E-state index in [0.717, 1.165) is 12.8 Å². The summed E-state index contributed by atoms with van der Waals surface area (Å²) in [6.07, 6.45) is 1.71. The number of nitrogens with one attached hydrogen (secondary N) is 2. The molecule has 1 aliphatic rings. The minimum absolute atomic E-state index is 0.335. The SMILES string of the molecule is CCCCOC(=O)C1=C(C)NC(=O)N[C@H]1c1cc(OC)ccc1OC. The molecule has 136 valence electrons. The van der Waals surface area contributed by atoms with Crippen LogP contribution in [-0.2, 0) is 9.53 Å². The second-order valence-electron chi connectivity index (χ2n) is 5.67. The number of unbranched alkanes of at least 4 members (excludes halogenated alkanes) is 1. The highest BCUT2D eigenvalue weighted by molar-refractivity contribution is 5.95. The van der Waals surface area contributed by atoms with Crippen LogP contribution in [-0.4, -0.2) is 32.8 Å². The standard InChI is InChI=1S/C18H24N2O5/c1-5-6-9-25-17(21)15-11(2)19-18(22)20-16(15)13-10-12(23-3)7-8-14(13)24-4/h7-8,10,16H,5-6,9H2,1-4H3,(H2,19,20,22)/t16-/m0/s1. The molecule has 0 aliphatic carbocycles. The van der Waals surface area contributed by atoms with Crippen LogP contribution in [0.2, 0.25) is 0 Å². The molecule has 0 spiro atoms. The summed E-state index contributed by atoms with van der Waals surface area (Å²) in [6, 6.07) is 4.14. The van der Waals surface area contributed by atoms with Gasteiger partial charge in [0.1, 0.15) is 11.5 Å². The summed E-state index contributed by atoms with van der Waals surface area (Å²) < 4.78 is 16.0. The number of carbonyl (C=O) groups is 2. The molecule has 0 unspecified atom stereocenters. The van der Waals surface area contributed by atoms with Crippen molar-refractivity contribution in [2.24, 2.45) is 0 Å². The van der Waals surface area contributed by atoms with Gasteiger partial charge in [0.25, 0.3) is 0 Å². The molecule has 0 radical (unpaired) electrons. The molecule has 0 fully saturated rings. The van der Waals surface area contributed by atoms with Gasteiger partial charge in [0, 0.05) is 11.3 Å². The number of hydrogen-bond acceptors (Lipinski definition) is 5. The van der Waals surface area contributed by atoms with Crippen molar-refractivity contribution in [3.05, 3.63) is 35.0 Å². The average Bonchev–Trinajstić information content (AvgIpc) is 2.60. The third kappa shape index (κ3) is 4.23. The number of rotatable bonds is 7. The molecule has 0 aromatic heterocycles. The molecule has 1 heterocycles. The smallest absolute Gasteiger partial charge is 0.338 e. The van der Waals surface area contributed by atoms with E-state index in [1.165, 1.54) is 7.11 Å². The molecule has 7 heteroatoms. The fraction of sp³-hybridized carbons (Fsp3) is 0.444. The van der Waals surface area contributed by atoms with Gasteiger partial charge in [-0.3, -0.25) is 0 Å². The van der Waals surface area contributed by atoms with Crippen LogP contribution < -0.4 is 20.1 Å². The Balaban J connectivity index is 2.44. The van der Waals surface area contributed by atoms with Crippen LogP contribution in [0.1, 0.15) is 38.3 Å². The van der Waals surface area contributed by atoms with Gasteiger partial charge in [-0.1, -0.05) is 13.3 Å². The molecule has 0 bridgehead atoms. The topological polar surface area (TPSA) is 85.9 Å². The molecular formula is C18H24N2O5. The quantitative estimate of drug-likeness (QED) is 0.584. The second-order valence-corrected chi connectivity index (χ2v) is 5.67. The molecule has 2 amide bonds. The maximum Gasteiger partial charge on any atom is 0.338 e. The largest absolute Gasteiger partial charge is 0.497 e. The van der Waals surface area contributed by atoms with Crippen molar-refractivity contribution in [1.29, 1.82) is 0 Å². The monoisotopic (exact) mass is 348 g/mol. The first kappa shape index (κ1) is 18.6. The molecular weight excluding hydrogens is 324 g/mol. The zero-order valence-electron chi connectivity index (χ0n) is 15.0. The van der Waals surface area contributed by atoms with Crippen LogP contribution in [0.4, 0.5) is 4.79 Å². The van der Waals surface area contributed by atoms with Gasteiger partial charge < -0.3 is 24.8 Å². The molecule has 1 aromatic carbocycles. The first-order chi connectivity index (χ1) is 12.0. The Bertz CT molecular complexity index is 684. The van der Waals surface area contributed by atoms with Crippen molar-refractivity contribution in [2.75, 3.05) is 20.8 Å². The Labute approximate surface area is 147 Å². The number of allylic oxidation sites excluding steroid dienone is 1. The molecule has 25 heavy (non-hydrogen) atoms.